The van der Waals surface area contributed by atoms with Gasteiger partial charge in [0.25, 0.3) is 0 Å². The first-order chi connectivity index (χ1) is 13.4. The van der Waals surface area contributed by atoms with Crippen molar-refractivity contribution in [3.8, 4) is 5.69 Å². The molecule has 1 heterocycles. The molecule has 0 saturated heterocycles. The van der Waals surface area contributed by atoms with Gasteiger partial charge in [-0.3, -0.25) is 5.43 Å². The summed E-state index contributed by atoms with van der Waals surface area (Å²) in [4.78, 5) is 11.8. The van der Waals surface area contributed by atoms with Crippen molar-refractivity contribution < 1.29 is 9.53 Å². The lowest BCUT2D eigenvalue weighted by atomic mass is 10.1. The maximum atomic E-state index is 11.8. The number of nitrogens with zero attached hydrogens (tertiary/aromatic N) is 2. The van der Waals surface area contributed by atoms with Crippen molar-refractivity contribution in [2.45, 2.75) is 20.8 Å². The van der Waals surface area contributed by atoms with Gasteiger partial charge in [-0.05, 0) is 97.5 Å². The fourth-order valence-electron chi connectivity index (χ4n) is 3.14. The molecular formula is C22H22IN3O2. The third kappa shape index (κ3) is 4.27. The number of aromatic nitrogens is 1. The third-order valence-corrected chi connectivity index (χ3v) is 5.29. The van der Waals surface area contributed by atoms with E-state index in [1.165, 1.54) is 10.7 Å². The predicted octanol–water partition coefficient (Wildman–Crippen LogP) is 5.24. The van der Waals surface area contributed by atoms with E-state index in [4.69, 9.17) is 4.74 Å². The van der Waals surface area contributed by atoms with Crippen LogP contribution in [0.5, 0.6) is 0 Å². The molecule has 0 atom stereocenters. The smallest absolute Gasteiger partial charge is 0.337 e. The van der Waals surface area contributed by atoms with Gasteiger partial charge in [0.1, 0.15) is 0 Å². The van der Waals surface area contributed by atoms with E-state index in [1.807, 2.05) is 49.5 Å². The molecular weight excluding hydrogens is 465 g/mol. The summed E-state index contributed by atoms with van der Waals surface area (Å²) in [5.41, 5.74) is 9.81. The van der Waals surface area contributed by atoms with Crippen LogP contribution in [0.2, 0.25) is 0 Å². The van der Waals surface area contributed by atoms with E-state index in [1.54, 1.807) is 6.07 Å². The van der Waals surface area contributed by atoms with Crippen molar-refractivity contribution in [1.29, 1.82) is 0 Å². The zero-order chi connectivity index (χ0) is 20.3. The summed E-state index contributed by atoms with van der Waals surface area (Å²) in [5.74, 6) is -0.329. The van der Waals surface area contributed by atoms with Gasteiger partial charge in [-0.15, -0.1) is 0 Å². The normalized spacial score (nSPS) is 11.0. The first-order valence-electron chi connectivity index (χ1n) is 8.83. The molecule has 6 heteroatoms. The molecule has 1 N–H and O–H groups in total. The van der Waals surface area contributed by atoms with Crippen LogP contribution in [-0.4, -0.2) is 23.9 Å². The third-order valence-electron chi connectivity index (χ3n) is 4.57. The van der Waals surface area contributed by atoms with Crippen molar-refractivity contribution in [1.82, 2.24) is 4.57 Å². The van der Waals surface area contributed by atoms with Gasteiger partial charge >= 0.3 is 5.97 Å². The first-order valence-corrected chi connectivity index (χ1v) is 9.91. The molecule has 0 aliphatic rings. The number of aryl methyl sites for hydroxylation is 2. The van der Waals surface area contributed by atoms with Gasteiger partial charge in [-0.2, -0.15) is 5.10 Å². The van der Waals surface area contributed by atoms with Crippen molar-refractivity contribution >= 4 is 40.5 Å². The Balaban J connectivity index is 1.86. The highest BCUT2D eigenvalue weighted by atomic mass is 127. The van der Waals surface area contributed by atoms with E-state index in [-0.39, 0.29) is 5.97 Å². The van der Waals surface area contributed by atoms with Gasteiger partial charge in [-0.1, -0.05) is 0 Å². The number of hydrazone groups is 1. The number of benzene rings is 2. The topological polar surface area (TPSA) is 55.6 Å². The average molecular weight is 487 g/mol. The van der Waals surface area contributed by atoms with Crippen LogP contribution in [0.4, 0.5) is 5.69 Å². The Morgan fingerprint density at radius 3 is 2.46 bits per heavy atom. The lowest BCUT2D eigenvalue weighted by Gasteiger charge is -2.13. The molecule has 0 aliphatic carbocycles. The van der Waals surface area contributed by atoms with Gasteiger partial charge in [-0.25, -0.2) is 4.79 Å². The molecule has 3 rings (SSSR count). The van der Waals surface area contributed by atoms with Crippen LogP contribution in [0.25, 0.3) is 5.69 Å². The highest BCUT2D eigenvalue weighted by Crippen LogP contribution is 2.24. The van der Waals surface area contributed by atoms with Gasteiger partial charge < -0.3 is 9.30 Å². The van der Waals surface area contributed by atoms with E-state index in [0.29, 0.717) is 5.56 Å². The molecule has 5 nitrogen and oxygen atoms in total. The average Bonchev–Trinajstić information content (AvgIpc) is 2.96. The van der Waals surface area contributed by atoms with Crippen molar-refractivity contribution in [2.24, 2.45) is 5.10 Å². The minimum atomic E-state index is -0.329. The Hall–Kier alpha value is -2.61. The SMILES string of the molecule is COC(=O)c1ccc(-n2c(C)cc(/C=N/Nc3ccc(I)cc3)c2C)c(C)c1. The lowest BCUT2D eigenvalue weighted by Crippen LogP contribution is -2.06. The second-order valence-electron chi connectivity index (χ2n) is 6.53. The zero-order valence-electron chi connectivity index (χ0n) is 16.3. The highest BCUT2D eigenvalue weighted by molar-refractivity contribution is 14.1. The maximum absolute atomic E-state index is 11.8. The number of ether oxygens (including phenoxy) is 1. The largest absolute Gasteiger partial charge is 0.465 e. The van der Waals surface area contributed by atoms with Crippen LogP contribution >= 0.6 is 22.6 Å². The molecule has 0 saturated carbocycles. The molecule has 1 aromatic heterocycles. The van der Waals surface area contributed by atoms with Crippen molar-refractivity contribution in [2.75, 3.05) is 12.5 Å². The standard InChI is InChI=1S/C22H22IN3O2/c1-14-11-17(22(27)28-4)5-10-21(14)26-15(2)12-18(16(26)3)13-24-25-20-8-6-19(23)7-9-20/h5-13,25H,1-4H3/b24-13+. The van der Waals surface area contributed by atoms with E-state index >= 15 is 0 Å². The summed E-state index contributed by atoms with van der Waals surface area (Å²) in [6.07, 6.45) is 1.83. The Labute approximate surface area is 178 Å². The monoisotopic (exact) mass is 487 g/mol. The number of nitrogens with one attached hydrogen (secondary N) is 1. The molecule has 0 fully saturated rings. The number of methoxy groups -OCH3 is 1. The summed E-state index contributed by atoms with van der Waals surface area (Å²) in [6, 6.07) is 15.7. The van der Waals surface area contributed by atoms with Crippen molar-refractivity contribution in [3.63, 3.8) is 0 Å². The van der Waals surface area contributed by atoms with Crippen LogP contribution < -0.4 is 5.43 Å². The Morgan fingerprint density at radius 2 is 1.82 bits per heavy atom. The molecule has 0 unspecified atom stereocenters. The lowest BCUT2D eigenvalue weighted by molar-refractivity contribution is 0.0600. The summed E-state index contributed by atoms with van der Waals surface area (Å²) < 4.78 is 8.16. The minimum absolute atomic E-state index is 0.329. The van der Waals surface area contributed by atoms with Crippen LogP contribution in [0, 0.1) is 24.3 Å². The summed E-state index contributed by atoms with van der Waals surface area (Å²) in [6.45, 7) is 6.12. The van der Waals surface area contributed by atoms with Gasteiger partial charge in [0, 0.05) is 26.2 Å². The quantitative estimate of drug-likeness (QED) is 0.232. The fourth-order valence-corrected chi connectivity index (χ4v) is 3.50. The molecule has 144 valence electrons. The minimum Gasteiger partial charge on any atom is -0.465 e. The number of carbonyl (C=O) groups is 1. The summed E-state index contributed by atoms with van der Waals surface area (Å²) in [5, 5.41) is 4.37. The molecule has 0 amide bonds. The van der Waals surface area contributed by atoms with Crippen LogP contribution in [0.3, 0.4) is 0 Å². The summed E-state index contributed by atoms with van der Waals surface area (Å²) in [7, 11) is 1.39. The molecule has 28 heavy (non-hydrogen) atoms. The predicted molar refractivity (Wildman–Crippen MR) is 122 cm³/mol. The van der Waals surface area contributed by atoms with E-state index in [0.717, 1.165) is 33.9 Å². The van der Waals surface area contributed by atoms with E-state index in [9.17, 15) is 4.79 Å². The molecule has 0 aliphatic heterocycles. The summed E-state index contributed by atoms with van der Waals surface area (Å²) >= 11 is 2.28. The number of esters is 1. The molecule has 0 bridgehead atoms. The second kappa shape index (κ2) is 8.60. The molecule has 0 radical (unpaired) electrons. The molecule has 3 aromatic rings. The Bertz CT molecular complexity index is 1040. The van der Waals surface area contributed by atoms with E-state index < -0.39 is 0 Å². The number of carbonyl (C=O) groups excluding carboxylic acids is 1. The maximum Gasteiger partial charge on any atom is 0.337 e. The number of hydrogen-bond donors (Lipinski definition) is 1. The molecule has 0 spiro atoms. The Morgan fingerprint density at radius 1 is 1.11 bits per heavy atom. The van der Waals surface area contributed by atoms with Crippen LogP contribution in [-0.2, 0) is 4.74 Å². The van der Waals surface area contributed by atoms with Crippen molar-refractivity contribution in [3.05, 3.63) is 80.2 Å². The number of hydrogen-bond acceptors (Lipinski definition) is 4. The van der Waals surface area contributed by atoms with Gasteiger partial charge in [0.15, 0.2) is 0 Å². The van der Waals surface area contributed by atoms with Gasteiger partial charge in [0.05, 0.1) is 24.6 Å². The molecule has 2 aromatic carbocycles. The fraction of sp³-hybridized carbons (Fsp3) is 0.182. The zero-order valence-corrected chi connectivity index (χ0v) is 18.4. The van der Waals surface area contributed by atoms with Crippen LogP contribution in [0.15, 0.2) is 53.6 Å². The highest BCUT2D eigenvalue weighted by Gasteiger charge is 2.13. The van der Waals surface area contributed by atoms with Crippen LogP contribution in [0.1, 0.15) is 32.9 Å². The number of anilines is 1. The first kappa shape index (κ1) is 20.1. The van der Waals surface area contributed by atoms with Gasteiger partial charge in [0.2, 0.25) is 0 Å². The number of rotatable bonds is 5. The second-order valence-corrected chi connectivity index (χ2v) is 7.78. The van der Waals surface area contributed by atoms with E-state index in [2.05, 4.69) is 57.6 Å². The Kier molecular flexibility index (Phi) is 6.18. The number of halogens is 1.